The predicted molar refractivity (Wildman–Crippen MR) is 103 cm³/mol. The van der Waals surface area contributed by atoms with Gasteiger partial charge >= 0.3 is 0 Å². The molecule has 0 radical (unpaired) electrons. The summed E-state index contributed by atoms with van der Waals surface area (Å²) >= 11 is 0. The number of benzene rings is 2. The van der Waals surface area contributed by atoms with Gasteiger partial charge in [-0.15, -0.1) is 0 Å². The van der Waals surface area contributed by atoms with E-state index in [-0.39, 0.29) is 49.8 Å². The molecule has 1 amide bonds. The fourth-order valence-electron chi connectivity index (χ4n) is 3.25. The summed E-state index contributed by atoms with van der Waals surface area (Å²) in [7, 11) is -4.07. The molecule has 0 N–H and O–H groups in total. The summed E-state index contributed by atoms with van der Waals surface area (Å²) < 4.78 is 53.0. The lowest BCUT2D eigenvalue weighted by Crippen LogP contribution is -2.50. The molecule has 0 spiro atoms. The van der Waals surface area contributed by atoms with Gasteiger partial charge in [-0.05, 0) is 30.2 Å². The van der Waals surface area contributed by atoms with Crippen molar-refractivity contribution in [2.45, 2.75) is 17.7 Å². The highest BCUT2D eigenvalue weighted by atomic mass is 32.2. The molecule has 2 aromatic rings. The quantitative estimate of drug-likeness (QED) is 0.508. The third-order valence-electron chi connectivity index (χ3n) is 4.88. The number of carbonyl (C=O) groups is 1. The molecule has 0 aromatic heterocycles. The minimum atomic E-state index is -4.07. The fourth-order valence-corrected chi connectivity index (χ4v) is 4.83. The van der Waals surface area contributed by atoms with Crippen molar-refractivity contribution in [2.75, 3.05) is 26.2 Å². The molecule has 0 unspecified atom stereocenters. The number of piperazine rings is 1. The van der Waals surface area contributed by atoms with Crippen molar-refractivity contribution in [1.82, 2.24) is 9.21 Å². The molecule has 1 heterocycles. The Morgan fingerprint density at radius 1 is 1.03 bits per heavy atom. The van der Waals surface area contributed by atoms with Crippen molar-refractivity contribution in [3.63, 3.8) is 0 Å². The highest BCUT2D eigenvalue weighted by Crippen LogP contribution is 2.27. The standard InChI is InChI=1S/C19H19F2N3O5S/c20-15-7-5-14(13-16(15)21)6-8-19(25)22-9-11-23(12-10-22)30(28,29)18-4-2-1-3-17(18)24(26)27/h1-5,7,13H,6,8-12H2. The minimum Gasteiger partial charge on any atom is -0.340 e. The van der Waals surface area contributed by atoms with Crippen LogP contribution in [-0.2, 0) is 21.2 Å². The van der Waals surface area contributed by atoms with Crippen LogP contribution in [-0.4, -0.2) is 54.6 Å². The molecule has 1 fully saturated rings. The molecule has 11 heteroatoms. The maximum Gasteiger partial charge on any atom is 0.289 e. The molecule has 1 aliphatic rings. The highest BCUT2D eigenvalue weighted by molar-refractivity contribution is 7.89. The average Bonchev–Trinajstić information content (AvgIpc) is 2.74. The van der Waals surface area contributed by atoms with Crippen molar-refractivity contribution in [3.05, 3.63) is 69.8 Å². The molecule has 2 aromatic carbocycles. The number of nitro groups is 1. The zero-order chi connectivity index (χ0) is 21.9. The van der Waals surface area contributed by atoms with Crippen LogP contribution in [0.2, 0.25) is 0 Å². The molecule has 8 nitrogen and oxygen atoms in total. The minimum absolute atomic E-state index is 0.00526. The molecule has 3 rings (SSSR count). The molecule has 30 heavy (non-hydrogen) atoms. The second-order valence-electron chi connectivity index (χ2n) is 6.76. The summed E-state index contributed by atoms with van der Waals surface area (Å²) in [5.41, 5.74) is -0.0117. The Hall–Kier alpha value is -2.92. The van der Waals surface area contributed by atoms with Crippen LogP contribution in [0.5, 0.6) is 0 Å². The number of hydrogen-bond donors (Lipinski definition) is 0. The Kier molecular flexibility index (Phi) is 6.42. The smallest absolute Gasteiger partial charge is 0.289 e. The van der Waals surface area contributed by atoms with Gasteiger partial charge in [-0.1, -0.05) is 18.2 Å². The summed E-state index contributed by atoms with van der Waals surface area (Å²) in [6.45, 7) is 0.281. The molecule has 0 saturated carbocycles. The van der Waals surface area contributed by atoms with Crippen LogP contribution in [0.1, 0.15) is 12.0 Å². The maximum absolute atomic E-state index is 13.3. The lowest BCUT2D eigenvalue weighted by molar-refractivity contribution is -0.387. The van der Waals surface area contributed by atoms with Gasteiger partial charge in [0.2, 0.25) is 15.9 Å². The SMILES string of the molecule is O=C(CCc1ccc(F)c(F)c1)N1CCN(S(=O)(=O)c2ccccc2[N+](=O)[O-])CC1. The number of sulfonamides is 1. The number of rotatable bonds is 6. The van der Waals surface area contributed by atoms with E-state index in [1.165, 1.54) is 29.2 Å². The number of aryl methyl sites for hydroxylation is 1. The van der Waals surface area contributed by atoms with Crippen molar-refractivity contribution < 1.29 is 26.9 Å². The predicted octanol–water partition coefficient (Wildman–Crippen LogP) is 2.34. The Bertz CT molecular complexity index is 1070. The van der Waals surface area contributed by atoms with Crippen LogP contribution in [0, 0.1) is 21.7 Å². The lowest BCUT2D eigenvalue weighted by atomic mass is 10.1. The number of hydrogen-bond acceptors (Lipinski definition) is 5. The van der Waals surface area contributed by atoms with Gasteiger partial charge in [-0.2, -0.15) is 4.31 Å². The van der Waals surface area contributed by atoms with E-state index in [1.807, 2.05) is 0 Å². The van der Waals surface area contributed by atoms with E-state index in [0.29, 0.717) is 5.56 Å². The van der Waals surface area contributed by atoms with Gasteiger partial charge in [-0.3, -0.25) is 14.9 Å². The van der Waals surface area contributed by atoms with Crippen molar-refractivity contribution in [1.29, 1.82) is 0 Å². The first-order valence-corrected chi connectivity index (χ1v) is 10.6. The van der Waals surface area contributed by atoms with Crippen molar-refractivity contribution in [3.8, 4) is 0 Å². The monoisotopic (exact) mass is 439 g/mol. The zero-order valence-corrected chi connectivity index (χ0v) is 16.6. The Morgan fingerprint density at radius 3 is 2.33 bits per heavy atom. The van der Waals surface area contributed by atoms with E-state index in [4.69, 9.17) is 0 Å². The van der Waals surface area contributed by atoms with E-state index in [2.05, 4.69) is 0 Å². The molecule has 0 aliphatic carbocycles. The summed E-state index contributed by atoms with van der Waals surface area (Å²) in [5, 5.41) is 11.1. The summed E-state index contributed by atoms with van der Waals surface area (Å²) in [6, 6.07) is 8.57. The van der Waals surface area contributed by atoms with Gasteiger partial charge in [0.25, 0.3) is 5.69 Å². The van der Waals surface area contributed by atoms with Gasteiger partial charge in [0.15, 0.2) is 16.5 Å². The van der Waals surface area contributed by atoms with E-state index in [9.17, 15) is 32.1 Å². The Balaban J connectivity index is 1.60. The summed E-state index contributed by atoms with van der Waals surface area (Å²) in [6.07, 6.45) is 0.298. The third kappa shape index (κ3) is 4.62. The van der Waals surface area contributed by atoms with E-state index in [0.717, 1.165) is 22.5 Å². The van der Waals surface area contributed by atoms with Gasteiger partial charge in [-0.25, -0.2) is 17.2 Å². The molecular formula is C19H19F2N3O5S. The first-order chi connectivity index (χ1) is 14.2. The molecule has 160 valence electrons. The highest BCUT2D eigenvalue weighted by Gasteiger charge is 2.34. The molecule has 1 aliphatic heterocycles. The van der Waals surface area contributed by atoms with Crippen LogP contribution >= 0.6 is 0 Å². The van der Waals surface area contributed by atoms with Crippen LogP contribution in [0.4, 0.5) is 14.5 Å². The number of carbonyl (C=O) groups excluding carboxylic acids is 1. The van der Waals surface area contributed by atoms with Gasteiger partial charge in [0.05, 0.1) is 4.92 Å². The van der Waals surface area contributed by atoms with Crippen LogP contribution in [0.25, 0.3) is 0 Å². The maximum atomic E-state index is 13.3. The van der Waals surface area contributed by atoms with E-state index < -0.39 is 32.3 Å². The largest absolute Gasteiger partial charge is 0.340 e. The Labute approximate surface area is 171 Å². The number of nitro benzene ring substituents is 1. The lowest BCUT2D eigenvalue weighted by Gasteiger charge is -2.34. The Morgan fingerprint density at radius 2 is 1.70 bits per heavy atom. The zero-order valence-electron chi connectivity index (χ0n) is 15.8. The topological polar surface area (TPSA) is 101 Å². The number of amides is 1. The van der Waals surface area contributed by atoms with Crippen molar-refractivity contribution >= 4 is 21.6 Å². The normalized spacial score (nSPS) is 15.2. The van der Waals surface area contributed by atoms with E-state index >= 15 is 0 Å². The van der Waals surface area contributed by atoms with Crippen LogP contribution < -0.4 is 0 Å². The third-order valence-corrected chi connectivity index (χ3v) is 6.83. The first kappa shape index (κ1) is 21.8. The molecule has 1 saturated heterocycles. The molecule has 0 atom stereocenters. The fraction of sp³-hybridized carbons (Fsp3) is 0.316. The second kappa shape index (κ2) is 8.84. The summed E-state index contributed by atoms with van der Waals surface area (Å²) in [5.74, 6) is -2.17. The van der Waals surface area contributed by atoms with Crippen LogP contribution in [0.3, 0.4) is 0 Å². The van der Waals surface area contributed by atoms with Gasteiger partial charge in [0, 0.05) is 38.7 Å². The number of nitrogens with zero attached hydrogens (tertiary/aromatic N) is 3. The first-order valence-electron chi connectivity index (χ1n) is 9.15. The van der Waals surface area contributed by atoms with E-state index in [1.54, 1.807) is 0 Å². The van der Waals surface area contributed by atoms with Crippen LogP contribution in [0.15, 0.2) is 47.4 Å². The van der Waals surface area contributed by atoms with Crippen molar-refractivity contribution in [2.24, 2.45) is 0 Å². The second-order valence-corrected chi connectivity index (χ2v) is 8.66. The molecular weight excluding hydrogens is 420 g/mol. The molecule has 0 bridgehead atoms. The number of para-hydroxylation sites is 1. The van der Waals surface area contributed by atoms with Gasteiger partial charge < -0.3 is 4.90 Å². The number of halogens is 2. The summed E-state index contributed by atoms with van der Waals surface area (Å²) in [4.78, 5) is 23.9. The average molecular weight is 439 g/mol. The van der Waals surface area contributed by atoms with Gasteiger partial charge in [0.1, 0.15) is 0 Å².